The minimum absolute atomic E-state index is 0.340. The molecule has 1 N–H and O–H groups in total. The molecule has 0 spiro atoms. The Balaban J connectivity index is 2.58. The molecule has 0 aliphatic carbocycles. The van der Waals surface area contributed by atoms with Crippen LogP contribution < -0.4 is 11.4 Å². The van der Waals surface area contributed by atoms with Crippen LogP contribution in [0.3, 0.4) is 0 Å². The molecule has 2 aromatic rings. The average Bonchev–Trinajstić information content (AvgIpc) is 2.64. The van der Waals surface area contributed by atoms with Crippen LogP contribution in [0, 0.1) is 0 Å². The summed E-state index contributed by atoms with van der Waals surface area (Å²) in [6.07, 6.45) is 0. The molecule has 1 aromatic carbocycles. The maximum Gasteiger partial charge on any atom is 0.355 e. The van der Waals surface area contributed by atoms with Crippen molar-refractivity contribution >= 4 is 5.91 Å². The van der Waals surface area contributed by atoms with E-state index >= 15 is 0 Å². The minimum Gasteiger partial charge on any atom is -0.267 e. The van der Waals surface area contributed by atoms with Gasteiger partial charge in [0.05, 0.1) is 0 Å². The number of aromatic nitrogens is 3. The lowest BCUT2D eigenvalue weighted by molar-refractivity contribution is 0.0939. The molecule has 19 heavy (non-hydrogen) atoms. The van der Waals surface area contributed by atoms with E-state index in [4.69, 9.17) is 0 Å². The molecule has 0 saturated carbocycles. The number of nitrogens with one attached hydrogen (secondary N) is 1. The topological polar surface area (TPSA) is 76.9 Å². The number of aromatic amines is 1. The molecule has 0 amide bonds. The van der Waals surface area contributed by atoms with Gasteiger partial charge >= 0.3 is 11.4 Å². The van der Waals surface area contributed by atoms with Crippen molar-refractivity contribution in [3.8, 4) is 0 Å². The lowest BCUT2D eigenvalue weighted by Gasteiger charge is -2.16. The molecule has 0 aliphatic rings. The smallest absolute Gasteiger partial charge is 0.267 e. The first kappa shape index (κ1) is 13.1. The largest absolute Gasteiger partial charge is 0.355 e. The van der Waals surface area contributed by atoms with Crippen LogP contribution in [0.25, 0.3) is 0 Å². The molecule has 2 rings (SSSR count). The van der Waals surface area contributed by atoms with Crippen molar-refractivity contribution in [3.63, 3.8) is 0 Å². The van der Waals surface area contributed by atoms with Crippen LogP contribution in [0.1, 0.15) is 31.1 Å². The van der Waals surface area contributed by atoms with Crippen LogP contribution in [-0.2, 0) is 5.54 Å². The van der Waals surface area contributed by atoms with Gasteiger partial charge in [0.15, 0.2) is 0 Å². The van der Waals surface area contributed by atoms with E-state index in [1.54, 1.807) is 51.1 Å². The number of H-pyrrole nitrogens is 1. The highest BCUT2D eigenvalue weighted by molar-refractivity contribution is 5.95. The fraction of sp³-hybridized carbons (Fsp3) is 0.308. The molecule has 0 bridgehead atoms. The summed E-state index contributed by atoms with van der Waals surface area (Å²) in [5.41, 5.74) is -1.60. The molecular weight excluding hydrogens is 246 g/mol. The fourth-order valence-electron chi connectivity index (χ4n) is 1.82. The first-order chi connectivity index (χ1) is 8.82. The predicted octanol–water partition coefficient (Wildman–Crippen LogP) is 0.782. The van der Waals surface area contributed by atoms with Gasteiger partial charge < -0.3 is 0 Å². The second-order valence-electron chi connectivity index (χ2n) is 5.21. The Kier molecular flexibility index (Phi) is 3.01. The molecule has 100 valence electrons. The van der Waals surface area contributed by atoms with Crippen molar-refractivity contribution in [2.75, 3.05) is 0 Å². The Morgan fingerprint density at radius 3 is 2.16 bits per heavy atom. The molecule has 6 heteroatoms. The highest BCUT2D eigenvalue weighted by atomic mass is 16.2. The number of hydrogen-bond donors (Lipinski definition) is 1. The zero-order valence-electron chi connectivity index (χ0n) is 11.0. The zero-order chi connectivity index (χ0) is 14.2. The Morgan fingerprint density at radius 2 is 1.68 bits per heavy atom. The van der Waals surface area contributed by atoms with Crippen LogP contribution in [0.5, 0.6) is 0 Å². The van der Waals surface area contributed by atoms with Crippen molar-refractivity contribution in [2.24, 2.45) is 0 Å². The van der Waals surface area contributed by atoms with Gasteiger partial charge in [0, 0.05) is 11.1 Å². The van der Waals surface area contributed by atoms with Crippen LogP contribution >= 0.6 is 0 Å². The number of benzene rings is 1. The number of nitrogens with zero attached hydrogens (tertiary/aromatic N) is 2. The summed E-state index contributed by atoms with van der Waals surface area (Å²) in [6, 6.07) is 8.32. The first-order valence-corrected chi connectivity index (χ1v) is 5.86. The van der Waals surface area contributed by atoms with Crippen molar-refractivity contribution in [1.29, 1.82) is 0 Å². The molecule has 0 unspecified atom stereocenters. The Bertz CT molecular complexity index is 714. The Hall–Kier alpha value is -2.37. The van der Waals surface area contributed by atoms with Crippen molar-refractivity contribution in [1.82, 2.24) is 14.3 Å². The zero-order valence-corrected chi connectivity index (χ0v) is 11.0. The summed E-state index contributed by atoms with van der Waals surface area (Å²) in [5.74, 6) is -0.550. The molecule has 0 radical (unpaired) electrons. The van der Waals surface area contributed by atoms with Gasteiger partial charge in [-0.05, 0) is 32.9 Å². The molecule has 0 saturated heterocycles. The van der Waals surface area contributed by atoms with Gasteiger partial charge in [-0.15, -0.1) is 0 Å². The number of carbonyl (C=O) groups is 1. The van der Waals surface area contributed by atoms with E-state index in [1.165, 1.54) is 0 Å². The third-order valence-electron chi connectivity index (χ3n) is 2.69. The maximum atomic E-state index is 12.1. The third-order valence-corrected chi connectivity index (χ3v) is 2.69. The van der Waals surface area contributed by atoms with Gasteiger partial charge in [-0.25, -0.2) is 19.3 Å². The molecule has 0 aliphatic heterocycles. The molecule has 0 fully saturated rings. The summed E-state index contributed by atoms with van der Waals surface area (Å²) in [4.78, 5) is 36.0. The van der Waals surface area contributed by atoms with Crippen molar-refractivity contribution < 1.29 is 4.79 Å². The quantitative estimate of drug-likeness (QED) is 0.824. The molecule has 0 atom stereocenters. The minimum atomic E-state index is -0.688. The monoisotopic (exact) mass is 261 g/mol. The molecular formula is C13H15N3O3. The number of hydrogen-bond acceptors (Lipinski definition) is 3. The highest BCUT2D eigenvalue weighted by Crippen LogP contribution is 2.07. The van der Waals surface area contributed by atoms with Gasteiger partial charge in [0.1, 0.15) is 0 Å². The van der Waals surface area contributed by atoms with E-state index in [9.17, 15) is 14.4 Å². The fourth-order valence-corrected chi connectivity index (χ4v) is 1.82. The van der Waals surface area contributed by atoms with Gasteiger partial charge in [-0.1, -0.05) is 18.2 Å². The van der Waals surface area contributed by atoms with E-state index in [-0.39, 0.29) is 0 Å². The van der Waals surface area contributed by atoms with Gasteiger partial charge in [-0.2, -0.15) is 4.68 Å². The molecule has 6 nitrogen and oxygen atoms in total. The van der Waals surface area contributed by atoms with E-state index in [1.807, 2.05) is 0 Å². The van der Waals surface area contributed by atoms with E-state index in [0.29, 0.717) is 5.56 Å². The highest BCUT2D eigenvalue weighted by Gasteiger charge is 2.24. The summed E-state index contributed by atoms with van der Waals surface area (Å²) in [7, 11) is 0. The third kappa shape index (κ3) is 2.29. The maximum absolute atomic E-state index is 12.1. The van der Waals surface area contributed by atoms with Crippen LogP contribution in [-0.4, -0.2) is 20.3 Å². The number of rotatable bonds is 1. The first-order valence-electron chi connectivity index (χ1n) is 5.86. The van der Waals surface area contributed by atoms with Crippen LogP contribution in [0.15, 0.2) is 39.9 Å². The predicted molar refractivity (Wildman–Crippen MR) is 70.5 cm³/mol. The van der Waals surface area contributed by atoms with Gasteiger partial charge in [0.25, 0.3) is 5.91 Å². The summed E-state index contributed by atoms with van der Waals surface area (Å²) >= 11 is 0. The lowest BCUT2D eigenvalue weighted by atomic mass is 10.1. The Morgan fingerprint density at radius 1 is 1.11 bits per heavy atom. The van der Waals surface area contributed by atoms with Crippen molar-refractivity contribution in [2.45, 2.75) is 26.3 Å². The normalized spacial score (nSPS) is 11.5. The SMILES string of the molecule is CC(C)(C)n1c(=O)[nH]n(C(=O)c2ccccc2)c1=O. The Labute approximate surface area is 109 Å². The summed E-state index contributed by atoms with van der Waals surface area (Å²) in [6.45, 7) is 5.17. The second kappa shape index (κ2) is 4.38. The standard InChI is InChI=1S/C13H15N3O3/c1-13(2,3)15-11(18)14-16(12(15)19)10(17)9-7-5-4-6-8-9/h4-8H,1-3H3,(H,14,18). The van der Waals surface area contributed by atoms with Crippen molar-refractivity contribution in [3.05, 3.63) is 56.9 Å². The van der Waals surface area contributed by atoms with Crippen LogP contribution in [0.2, 0.25) is 0 Å². The van der Waals surface area contributed by atoms with Crippen LogP contribution in [0.4, 0.5) is 0 Å². The van der Waals surface area contributed by atoms with E-state index in [2.05, 4.69) is 5.10 Å². The molecule has 1 heterocycles. The lowest BCUT2D eigenvalue weighted by Crippen LogP contribution is -2.41. The van der Waals surface area contributed by atoms with Gasteiger partial charge in [-0.3, -0.25) is 4.79 Å². The van der Waals surface area contributed by atoms with E-state index < -0.39 is 22.8 Å². The number of carbonyl (C=O) groups excluding carboxylic acids is 1. The molecule has 1 aromatic heterocycles. The second-order valence-corrected chi connectivity index (χ2v) is 5.21. The van der Waals surface area contributed by atoms with E-state index in [0.717, 1.165) is 9.25 Å². The van der Waals surface area contributed by atoms with Gasteiger partial charge in [0.2, 0.25) is 0 Å². The summed E-state index contributed by atoms with van der Waals surface area (Å²) in [5, 5.41) is 2.28. The average molecular weight is 261 g/mol. The summed E-state index contributed by atoms with van der Waals surface area (Å²) < 4.78 is 1.76.